The topological polar surface area (TPSA) is 136 Å². The van der Waals surface area contributed by atoms with Crippen molar-refractivity contribution in [1.82, 2.24) is 19.9 Å². The van der Waals surface area contributed by atoms with Crippen LogP contribution in [-0.2, 0) is 22.4 Å². The lowest BCUT2D eigenvalue weighted by atomic mass is 10.1. The number of unbranched alkanes of at least 4 members (excludes halogenated alkanes) is 1. The maximum Gasteiger partial charge on any atom is 0.326 e. The van der Waals surface area contributed by atoms with Crippen LogP contribution in [0, 0.1) is 11.3 Å². The molecule has 10 nitrogen and oxygen atoms in total. The number of nitriles is 1. The molecule has 1 aliphatic heterocycles. The van der Waals surface area contributed by atoms with Gasteiger partial charge in [-0.05, 0) is 56.7 Å². The molecule has 0 saturated heterocycles. The molecule has 3 heterocycles. The van der Waals surface area contributed by atoms with Crippen molar-refractivity contribution in [3.8, 4) is 6.07 Å². The number of hydrogen-bond acceptors (Lipinski definition) is 9. The number of fused-ring (bicyclic) bond motifs is 1. The quantitative estimate of drug-likeness (QED) is 0.285. The Balaban J connectivity index is 1.52. The Morgan fingerprint density at radius 3 is 2.86 bits per heavy atom. The number of nitrogens with one attached hydrogen (secondary N) is 2. The number of pyridine rings is 1. The number of carboxylic acid groups (broad SMARTS) is 1. The predicted octanol–water partition coefficient (Wildman–Crippen LogP) is 2.96. The fourth-order valence-corrected chi connectivity index (χ4v) is 4.11. The lowest BCUT2D eigenvalue weighted by Gasteiger charge is -2.24. The molecule has 3 N–H and O–H groups in total. The maximum absolute atomic E-state index is 12.4. The Labute approximate surface area is 215 Å². The predicted molar refractivity (Wildman–Crippen MR) is 134 cm³/mol. The first-order valence-corrected chi connectivity index (χ1v) is 12.5. The van der Waals surface area contributed by atoms with E-state index >= 15 is 0 Å². The van der Waals surface area contributed by atoms with Crippen molar-refractivity contribution < 1.29 is 23.4 Å². The molecule has 0 radical (unpaired) electrons. The molecule has 37 heavy (non-hydrogen) atoms. The van der Waals surface area contributed by atoms with Gasteiger partial charge in [-0.2, -0.15) is 5.26 Å². The zero-order chi connectivity index (χ0) is 26.5. The first-order valence-electron chi connectivity index (χ1n) is 12.5. The van der Waals surface area contributed by atoms with Crippen LogP contribution in [0.2, 0.25) is 0 Å². The molecule has 1 unspecified atom stereocenters. The molecule has 1 aliphatic rings. The van der Waals surface area contributed by atoms with E-state index in [4.69, 9.17) is 9.72 Å². The smallest absolute Gasteiger partial charge is 0.326 e. The highest BCUT2D eigenvalue weighted by Gasteiger charge is 2.21. The van der Waals surface area contributed by atoms with Crippen LogP contribution in [0.25, 0.3) is 0 Å². The molecule has 2 aromatic heterocycles. The minimum Gasteiger partial charge on any atom is -0.480 e. The number of alkyl halides is 2. The number of anilines is 2. The van der Waals surface area contributed by atoms with Crippen LogP contribution in [0.3, 0.4) is 0 Å². The Kier molecular flexibility index (Phi) is 11.4. The van der Waals surface area contributed by atoms with E-state index < -0.39 is 25.0 Å². The van der Waals surface area contributed by atoms with Gasteiger partial charge in [0.05, 0.1) is 6.61 Å². The highest BCUT2D eigenvalue weighted by Crippen LogP contribution is 2.20. The van der Waals surface area contributed by atoms with Crippen LogP contribution in [0.4, 0.5) is 20.4 Å². The van der Waals surface area contributed by atoms with Crippen LogP contribution >= 0.6 is 0 Å². The van der Waals surface area contributed by atoms with Gasteiger partial charge in [-0.25, -0.2) is 28.5 Å². The zero-order valence-corrected chi connectivity index (χ0v) is 20.7. The van der Waals surface area contributed by atoms with E-state index in [0.717, 1.165) is 50.2 Å². The lowest BCUT2D eigenvalue weighted by molar-refractivity contribution is -0.138. The summed E-state index contributed by atoms with van der Waals surface area (Å²) in [6, 6.07) is 5.08. The first kappa shape index (κ1) is 28.1. The standard InChI is InChI=1S/C25H33F2N7O3/c26-22(27)17-37-15-14-34(12-2-1-5-19-7-6-18-4-3-9-30-23(18)32-19)13-8-20(25(35)36)33-24-21(16-28)29-10-11-31-24/h6-7,10-11,20,22H,1-5,8-9,12-15,17H2,(H,30,32)(H,31,33)(H,35,36). The summed E-state index contributed by atoms with van der Waals surface area (Å²) in [7, 11) is 0. The van der Waals surface area contributed by atoms with E-state index in [9.17, 15) is 23.9 Å². The van der Waals surface area contributed by atoms with Gasteiger partial charge in [-0.15, -0.1) is 0 Å². The summed E-state index contributed by atoms with van der Waals surface area (Å²) in [4.78, 5) is 26.5. The highest BCUT2D eigenvalue weighted by molar-refractivity contribution is 5.77. The van der Waals surface area contributed by atoms with Gasteiger partial charge in [0.2, 0.25) is 0 Å². The molecule has 0 amide bonds. The molecule has 2 aromatic rings. The molecule has 0 saturated carbocycles. The SMILES string of the molecule is N#Cc1nccnc1NC(CCN(CCCCc1ccc2c(n1)NCCC2)CCOCC(F)F)C(=O)O. The first-order chi connectivity index (χ1) is 18.0. The number of nitrogens with zero attached hydrogens (tertiary/aromatic N) is 5. The number of rotatable bonds is 16. The Bertz CT molecular complexity index is 1050. The van der Waals surface area contributed by atoms with Crippen molar-refractivity contribution in [3.63, 3.8) is 0 Å². The second-order valence-corrected chi connectivity index (χ2v) is 8.79. The van der Waals surface area contributed by atoms with E-state index in [1.54, 1.807) is 0 Å². The largest absolute Gasteiger partial charge is 0.480 e. The van der Waals surface area contributed by atoms with Gasteiger partial charge in [0.1, 0.15) is 24.5 Å². The number of halogens is 2. The summed E-state index contributed by atoms with van der Waals surface area (Å²) in [5, 5.41) is 25.0. The van der Waals surface area contributed by atoms with Crippen LogP contribution in [-0.4, -0.2) is 82.8 Å². The third-order valence-corrected chi connectivity index (χ3v) is 6.05. The van der Waals surface area contributed by atoms with Crippen LogP contribution in [0.15, 0.2) is 24.5 Å². The van der Waals surface area contributed by atoms with Gasteiger partial charge in [-0.3, -0.25) is 0 Å². The Hall–Kier alpha value is -3.43. The minimum absolute atomic E-state index is 0.0111. The van der Waals surface area contributed by atoms with E-state index in [0.29, 0.717) is 19.6 Å². The number of carboxylic acids is 1. The van der Waals surface area contributed by atoms with Gasteiger partial charge in [-0.1, -0.05) is 6.07 Å². The molecular weight excluding hydrogens is 484 g/mol. The maximum atomic E-state index is 12.4. The number of aliphatic carboxylic acids is 1. The third kappa shape index (κ3) is 9.51. The molecule has 3 rings (SSSR count). The highest BCUT2D eigenvalue weighted by atomic mass is 19.3. The zero-order valence-electron chi connectivity index (χ0n) is 20.7. The summed E-state index contributed by atoms with van der Waals surface area (Å²) in [5.41, 5.74) is 2.28. The van der Waals surface area contributed by atoms with Gasteiger partial charge in [0, 0.05) is 37.7 Å². The van der Waals surface area contributed by atoms with Crippen molar-refractivity contribution in [2.45, 2.75) is 51.0 Å². The molecule has 0 aromatic carbocycles. The van der Waals surface area contributed by atoms with Gasteiger partial charge >= 0.3 is 5.97 Å². The average Bonchev–Trinajstić information content (AvgIpc) is 2.90. The van der Waals surface area contributed by atoms with Crippen molar-refractivity contribution >= 4 is 17.6 Å². The van der Waals surface area contributed by atoms with Crippen molar-refractivity contribution in [2.75, 3.05) is 50.0 Å². The molecular formula is C25H33F2N7O3. The van der Waals surface area contributed by atoms with Crippen molar-refractivity contribution in [3.05, 3.63) is 41.5 Å². The monoisotopic (exact) mass is 517 g/mol. The number of aryl methyl sites for hydroxylation is 2. The normalized spacial score (nSPS) is 13.6. The second kappa shape index (κ2) is 15.0. The van der Waals surface area contributed by atoms with Gasteiger partial charge in [0.25, 0.3) is 6.43 Å². The second-order valence-electron chi connectivity index (χ2n) is 8.79. The number of carbonyl (C=O) groups is 1. The summed E-state index contributed by atoms with van der Waals surface area (Å²) < 4.78 is 29.9. The van der Waals surface area contributed by atoms with Crippen molar-refractivity contribution in [2.24, 2.45) is 0 Å². The van der Waals surface area contributed by atoms with E-state index in [1.165, 1.54) is 18.0 Å². The van der Waals surface area contributed by atoms with Crippen LogP contribution in [0.5, 0.6) is 0 Å². The molecule has 200 valence electrons. The number of aromatic nitrogens is 3. The molecule has 0 fully saturated rings. The third-order valence-electron chi connectivity index (χ3n) is 6.05. The van der Waals surface area contributed by atoms with Gasteiger partial charge < -0.3 is 25.4 Å². The van der Waals surface area contributed by atoms with Crippen LogP contribution in [0.1, 0.15) is 42.6 Å². The van der Waals surface area contributed by atoms with E-state index in [1.807, 2.05) is 11.0 Å². The summed E-state index contributed by atoms with van der Waals surface area (Å²) >= 11 is 0. The van der Waals surface area contributed by atoms with E-state index in [-0.39, 0.29) is 24.5 Å². The molecule has 1 atom stereocenters. The molecule has 0 spiro atoms. The molecule has 12 heteroatoms. The Morgan fingerprint density at radius 2 is 2.08 bits per heavy atom. The average molecular weight is 518 g/mol. The number of hydrogen-bond donors (Lipinski definition) is 3. The molecule has 0 bridgehead atoms. The van der Waals surface area contributed by atoms with E-state index in [2.05, 4.69) is 32.7 Å². The summed E-state index contributed by atoms with van der Waals surface area (Å²) in [5.74, 6) is -0.0109. The van der Waals surface area contributed by atoms with Crippen molar-refractivity contribution in [1.29, 1.82) is 5.26 Å². The fourth-order valence-electron chi connectivity index (χ4n) is 4.11. The minimum atomic E-state index is -2.53. The van der Waals surface area contributed by atoms with Crippen LogP contribution < -0.4 is 10.6 Å². The molecule has 0 aliphatic carbocycles. The summed E-state index contributed by atoms with van der Waals surface area (Å²) in [6.07, 6.45) is 5.09. The van der Waals surface area contributed by atoms with Gasteiger partial charge in [0.15, 0.2) is 11.5 Å². The number of ether oxygens (including phenoxy) is 1. The Morgan fingerprint density at radius 1 is 1.24 bits per heavy atom. The fraction of sp³-hybridized carbons (Fsp3) is 0.560. The lowest BCUT2D eigenvalue weighted by Crippen LogP contribution is -2.37. The summed E-state index contributed by atoms with van der Waals surface area (Å²) in [6.45, 7) is 1.87.